The Morgan fingerprint density at radius 3 is 2.64 bits per heavy atom. The van der Waals surface area contributed by atoms with E-state index in [2.05, 4.69) is 31.5 Å². The maximum absolute atomic E-state index is 11.5. The molecule has 2 amide bonds. The van der Waals surface area contributed by atoms with Crippen molar-refractivity contribution in [3.05, 3.63) is 24.0 Å². The molecular weight excluding hydrogens is 303 g/mol. The van der Waals surface area contributed by atoms with Crippen LogP contribution in [0, 0.1) is 0 Å². The molecule has 0 bridgehead atoms. The molecule has 0 saturated carbocycles. The van der Waals surface area contributed by atoms with Crippen LogP contribution in [0.1, 0.15) is 6.42 Å². The van der Waals surface area contributed by atoms with E-state index in [1.54, 1.807) is 7.05 Å². The van der Waals surface area contributed by atoms with Gasteiger partial charge in [0, 0.05) is 24.5 Å². The third-order valence-corrected chi connectivity index (χ3v) is 5.55. The number of hydrogen-bond acceptors (Lipinski definition) is 4. The van der Waals surface area contributed by atoms with Crippen molar-refractivity contribution in [2.24, 2.45) is 0 Å². The van der Waals surface area contributed by atoms with E-state index in [0.29, 0.717) is 17.7 Å². The molecule has 0 spiro atoms. The molecule has 7 heteroatoms. The lowest BCUT2D eigenvalue weighted by molar-refractivity contribution is 0.0185. The Balaban J connectivity index is 2.12. The normalized spacial score (nSPS) is 33.0. The number of aliphatic hydroxyl groups is 2. The van der Waals surface area contributed by atoms with Gasteiger partial charge in [-0.15, -0.1) is 13.2 Å². The van der Waals surface area contributed by atoms with Crippen LogP contribution in [0.5, 0.6) is 0 Å². The van der Waals surface area contributed by atoms with Gasteiger partial charge in [-0.05, 0) is 25.9 Å². The molecule has 2 rings (SSSR count). The minimum Gasteiger partial charge on any atom is -0.388 e. The molecule has 2 aliphatic rings. The summed E-state index contributed by atoms with van der Waals surface area (Å²) in [6, 6.07) is -0.290. The third-order valence-electron chi connectivity index (χ3n) is 4.08. The summed E-state index contributed by atoms with van der Waals surface area (Å²) in [7, 11) is 1.59. The first-order chi connectivity index (χ1) is 10.1. The Morgan fingerprint density at radius 1 is 1.41 bits per heavy atom. The van der Waals surface area contributed by atoms with E-state index in [0.717, 1.165) is 6.16 Å². The number of carbonyl (C=O) groups is 1. The van der Waals surface area contributed by atoms with Gasteiger partial charge < -0.3 is 20.3 Å². The van der Waals surface area contributed by atoms with Crippen LogP contribution in [0.4, 0.5) is 4.79 Å². The topological polar surface area (TPSA) is 82.0 Å². The zero-order valence-electron chi connectivity index (χ0n) is 13.3. The zero-order valence-corrected chi connectivity index (χ0v) is 14.2. The minimum atomic E-state index is -1.22. The molecule has 1 saturated heterocycles. The number of urea groups is 1. The Hall–Kier alpha value is -1.07. The SMILES string of the molecule is C=C1C(C2O[C@H](CCP(=C)(C)C)[C@@H](O)[C@H]2O)=CNC(=O)N1C. The summed E-state index contributed by atoms with van der Waals surface area (Å²) >= 11 is 0. The summed E-state index contributed by atoms with van der Waals surface area (Å²) < 4.78 is 5.86. The van der Waals surface area contributed by atoms with E-state index in [4.69, 9.17) is 4.74 Å². The fraction of sp³-hybridized carbons (Fsp3) is 0.600. The van der Waals surface area contributed by atoms with Crippen molar-refractivity contribution in [2.75, 3.05) is 26.5 Å². The number of hydrogen-bond donors (Lipinski definition) is 3. The first kappa shape index (κ1) is 17.3. The van der Waals surface area contributed by atoms with E-state index in [1.165, 1.54) is 11.1 Å². The number of nitrogens with zero attached hydrogens (tertiary/aromatic N) is 1. The molecule has 6 nitrogen and oxygen atoms in total. The van der Waals surface area contributed by atoms with Crippen LogP contribution in [0.15, 0.2) is 24.0 Å². The van der Waals surface area contributed by atoms with Gasteiger partial charge in [0.25, 0.3) is 0 Å². The smallest absolute Gasteiger partial charge is 0.325 e. The molecule has 124 valence electrons. The first-order valence-corrected chi connectivity index (χ1v) is 10.3. The summed E-state index contributed by atoms with van der Waals surface area (Å²) in [4.78, 5) is 12.9. The average molecular weight is 328 g/mol. The molecule has 3 N–H and O–H groups in total. The molecule has 2 aliphatic heterocycles. The molecule has 22 heavy (non-hydrogen) atoms. The van der Waals surface area contributed by atoms with Crippen molar-refractivity contribution in [1.29, 1.82) is 0 Å². The second-order valence-electron chi connectivity index (χ2n) is 6.58. The molecule has 0 aliphatic carbocycles. The van der Waals surface area contributed by atoms with Gasteiger partial charge in [-0.2, -0.15) is 0 Å². The minimum absolute atomic E-state index is 0.290. The second-order valence-corrected chi connectivity index (χ2v) is 10.9. The van der Waals surface area contributed by atoms with Crippen LogP contribution in [0.2, 0.25) is 0 Å². The number of rotatable bonds is 4. The van der Waals surface area contributed by atoms with Gasteiger partial charge in [-0.1, -0.05) is 6.58 Å². The first-order valence-electron chi connectivity index (χ1n) is 7.24. The zero-order chi connectivity index (χ0) is 16.7. The maximum Gasteiger partial charge on any atom is 0.325 e. The highest BCUT2D eigenvalue weighted by Crippen LogP contribution is 2.39. The number of amides is 2. The van der Waals surface area contributed by atoms with E-state index >= 15 is 0 Å². The molecule has 2 heterocycles. The van der Waals surface area contributed by atoms with Gasteiger partial charge in [0.05, 0.1) is 6.10 Å². The highest BCUT2D eigenvalue weighted by Gasteiger charge is 2.45. The van der Waals surface area contributed by atoms with Gasteiger partial charge in [-0.3, -0.25) is 4.90 Å². The molecule has 0 aromatic rings. The van der Waals surface area contributed by atoms with Crippen molar-refractivity contribution in [1.82, 2.24) is 10.2 Å². The Kier molecular flexibility index (Phi) is 4.87. The van der Waals surface area contributed by atoms with Gasteiger partial charge in [-0.25, -0.2) is 4.79 Å². The summed E-state index contributed by atoms with van der Waals surface area (Å²) in [5, 5.41) is 23.1. The number of carbonyl (C=O) groups excluding carboxylic acids is 1. The fourth-order valence-corrected chi connectivity index (χ4v) is 3.56. The number of nitrogens with one attached hydrogen (secondary N) is 1. The third kappa shape index (κ3) is 3.46. The lowest BCUT2D eigenvalue weighted by Gasteiger charge is -2.30. The molecule has 1 unspecified atom stereocenters. The van der Waals surface area contributed by atoms with Crippen LogP contribution in [-0.4, -0.2) is 78.4 Å². The molecular formula is C15H25N2O4P. The quantitative estimate of drug-likeness (QED) is 0.661. The van der Waals surface area contributed by atoms with Gasteiger partial charge in [0.1, 0.15) is 18.3 Å². The van der Waals surface area contributed by atoms with Crippen LogP contribution < -0.4 is 5.32 Å². The largest absolute Gasteiger partial charge is 0.388 e. The summed E-state index contributed by atoms with van der Waals surface area (Å²) in [5.41, 5.74) is 1.05. The predicted octanol–water partition coefficient (Wildman–Crippen LogP) is 0.627. The van der Waals surface area contributed by atoms with Crippen LogP contribution in [-0.2, 0) is 4.74 Å². The van der Waals surface area contributed by atoms with Crippen molar-refractivity contribution in [3.63, 3.8) is 0 Å². The summed E-state index contributed by atoms with van der Waals surface area (Å²) in [5.74, 6) is 0. The molecule has 0 radical (unpaired) electrons. The number of likely N-dealkylation sites (N-methyl/N-ethyl adjacent to an activating group) is 1. The summed E-state index contributed by atoms with van der Waals surface area (Å²) in [6.07, 6.45) is 4.06. The Morgan fingerprint density at radius 2 is 2.05 bits per heavy atom. The monoisotopic (exact) mass is 328 g/mol. The van der Waals surface area contributed by atoms with Gasteiger partial charge in [0.2, 0.25) is 0 Å². The van der Waals surface area contributed by atoms with E-state index in [9.17, 15) is 15.0 Å². The number of ether oxygens (including phenoxy) is 1. The average Bonchev–Trinajstić information content (AvgIpc) is 2.70. The van der Waals surface area contributed by atoms with Crippen molar-refractivity contribution in [3.8, 4) is 0 Å². The van der Waals surface area contributed by atoms with Crippen LogP contribution in [0.3, 0.4) is 0 Å². The molecule has 1 fully saturated rings. The number of aliphatic hydroxyl groups excluding tert-OH is 2. The van der Waals surface area contributed by atoms with E-state index < -0.39 is 31.3 Å². The maximum atomic E-state index is 11.5. The molecule has 0 aromatic heterocycles. The Bertz CT molecular complexity index is 554. The lowest BCUT2D eigenvalue weighted by atomic mass is 9.98. The summed E-state index contributed by atoms with van der Waals surface area (Å²) in [6.45, 7) is 6.89. The predicted molar refractivity (Wildman–Crippen MR) is 89.6 cm³/mol. The van der Waals surface area contributed by atoms with E-state index in [-0.39, 0.29) is 6.03 Å². The van der Waals surface area contributed by atoms with Crippen LogP contribution in [0.25, 0.3) is 0 Å². The second kappa shape index (κ2) is 6.20. The standard InChI is InChI=1S/C15H25N2O4P/c1-9-10(8-16-15(20)17(9)2)14-13(19)12(18)11(21-14)6-7-22(3,4)5/h8,11-14,18-19H,1,3,6-7H2,2,4-5H3,(H,16,20)/t11-,12-,13-,14?/m1/s1. The van der Waals surface area contributed by atoms with Crippen molar-refractivity contribution >= 4 is 19.2 Å². The molecule has 4 atom stereocenters. The lowest BCUT2D eigenvalue weighted by Crippen LogP contribution is -2.42. The highest BCUT2D eigenvalue weighted by molar-refractivity contribution is 7.72. The van der Waals surface area contributed by atoms with Gasteiger partial charge in [0.15, 0.2) is 0 Å². The fourth-order valence-electron chi connectivity index (χ4n) is 2.60. The van der Waals surface area contributed by atoms with E-state index in [1.807, 2.05) is 0 Å². The van der Waals surface area contributed by atoms with Crippen molar-refractivity contribution < 1.29 is 19.7 Å². The van der Waals surface area contributed by atoms with Crippen LogP contribution >= 0.6 is 6.89 Å². The van der Waals surface area contributed by atoms with Gasteiger partial charge >= 0.3 is 6.03 Å². The Labute approximate surface area is 131 Å². The molecule has 0 aromatic carbocycles. The van der Waals surface area contributed by atoms with Crippen molar-refractivity contribution in [2.45, 2.75) is 30.8 Å². The highest BCUT2D eigenvalue weighted by atomic mass is 31.2.